The molecule has 0 bridgehead atoms. The molecule has 1 aliphatic rings. The van der Waals surface area contributed by atoms with Crippen LogP contribution >= 0.6 is 0 Å². The van der Waals surface area contributed by atoms with Gasteiger partial charge in [-0.2, -0.15) is 0 Å². The molecule has 0 saturated heterocycles. The Hall–Kier alpha value is -2.15. The molecule has 2 aromatic heterocycles. The molecule has 7 nitrogen and oxygen atoms in total. The van der Waals surface area contributed by atoms with E-state index in [-0.39, 0.29) is 0 Å². The van der Waals surface area contributed by atoms with Gasteiger partial charge in [-0.25, -0.2) is 0 Å². The first kappa shape index (κ1) is 18.6. The number of nitrogens with zero attached hydrogens (tertiary/aromatic N) is 5. The molecule has 1 aliphatic carbocycles. The van der Waals surface area contributed by atoms with Crippen LogP contribution < -0.4 is 10.6 Å². The molecule has 142 valence electrons. The van der Waals surface area contributed by atoms with Gasteiger partial charge in [0.1, 0.15) is 0 Å². The van der Waals surface area contributed by atoms with Gasteiger partial charge in [0, 0.05) is 25.8 Å². The normalized spacial score (nSPS) is 17.6. The van der Waals surface area contributed by atoms with Gasteiger partial charge in [-0.05, 0) is 45.0 Å². The minimum absolute atomic E-state index is 0.530. The Morgan fingerprint density at radius 3 is 2.77 bits per heavy atom. The highest BCUT2D eigenvalue weighted by atomic mass is 15.3. The maximum absolute atomic E-state index is 4.36. The SMILES string of the molecule is CN=C(NCc1nnc2ccccn12)NCC(C1CCCCC1)N(C)C. The van der Waals surface area contributed by atoms with E-state index in [1.54, 1.807) is 0 Å². The Morgan fingerprint density at radius 2 is 2.04 bits per heavy atom. The first-order valence-electron chi connectivity index (χ1n) is 9.58. The molecule has 1 fully saturated rings. The summed E-state index contributed by atoms with van der Waals surface area (Å²) < 4.78 is 1.99. The Morgan fingerprint density at radius 1 is 1.23 bits per heavy atom. The molecule has 1 saturated carbocycles. The Kier molecular flexibility index (Phi) is 6.44. The monoisotopic (exact) mass is 357 g/mol. The number of hydrogen-bond donors (Lipinski definition) is 2. The second-order valence-corrected chi connectivity index (χ2v) is 7.28. The van der Waals surface area contributed by atoms with Crippen LogP contribution in [0.1, 0.15) is 37.9 Å². The van der Waals surface area contributed by atoms with Gasteiger partial charge in [0.15, 0.2) is 17.4 Å². The predicted octanol–water partition coefficient (Wildman–Crippen LogP) is 1.90. The number of pyridine rings is 1. The van der Waals surface area contributed by atoms with Crippen LogP contribution in [0, 0.1) is 5.92 Å². The molecule has 26 heavy (non-hydrogen) atoms. The van der Waals surface area contributed by atoms with Crippen LogP contribution in [0.25, 0.3) is 5.65 Å². The molecule has 3 rings (SSSR count). The minimum atomic E-state index is 0.530. The summed E-state index contributed by atoms with van der Waals surface area (Å²) in [4.78, 5) is 6.71. The third-order valence-electron chi connectivity index (χ3n) is 5.36. The van der Waals surface area contributed by atoms with Gasteiger partial charge < -0.3 is 15.5 Å². The molecule has 0 amide bonds. The summed E-state index contributed by atoms with van der Waals surface area (Å²) in [5, 5.41) is 15.3. The third-order valence-corrected chi connectivity index (χ3v) is 5.36. The van der Waals surface area contributed by atoms with Gasteiger partial charge in [0.2, 0.25) is 0 Å². The summed E-state index contributed by atoms with van der Waals surface area (Å²) in [6.45, 7) is 1.48. The van der Waals surface area contributed by atoms with E-state index in [2.05, 4.69) is 44.8 Å². The lowest BCUT2D eigenvalue weighted by Crippen LogP contribution is -2.48. The number of aromatic nitrogens is 3. The van der Waals surface area contributed by atoms with E-state index in [1.165, 1.54) is 32.1 Å². The van der Waals surface area contributed by atoms with Crippen LogP contribution in [-0.4, -0.2) is 59.2 Å². The van der Waals surface area contributed by atoms with E-state index < -0.39 is 0 Å². The fourth-order valence-corrected chi connectivity index (χ4v) is 3.89. The molecule has 2 N–H and O–H groups in total. The topological polar surface area (TPSA) is 69.8 Å². The lowest BCUT2D eigenvalue weighted by atomic mass is 9.83. The standard InChI is InChI=1S/C19H31N7/c1-20-19(21-13-16(25(2)3)15-9-5-4-6-10-15)22-14-18-24-23-17-11-7-8-12-26(17)18/h7-8,11-12,15-16H,4-6,9-10,13-14H2,1-3H3,(H2,20,21,22). The maximum Gasteiger partial charge on any atom is 0.191 e. The van der Waals surface area contributed by atoms with Gasteiger partial charge >= 0.3 is 0 Å². The van der Waals surface area contributed by atoms with Crippen LogP contribution in [-0.2, 0) is 6.54 Å². The molecule has 2 heterocycles. The van der Waals surface area contributed by atoms with E-state index in [4.69, 9.17) is 0 Å². The maximum atomic E-state index is 4.36. The molecule has 2 aromatic rings. The fraction of sp³-hybridized carbons (Fsp3) is 0.632. The van der Waals surface area contributed by atoms with Gasteiger partial charge in [0.25, 0.3) is 0 Å². The first-order chi connectivity index (χ1) is 12.7. The van der Waals surface area contributed by atoms with Crippen molar-refractivity contribution in [3.63, 3.8) is 0 Å². The molecule has 7 heteroatoms. The Labute approximate surface area is 155 Å². The van der Waals surface area contributed by atoms with Crippen molar-refractivity contribution < 1.29 is 0 Å². The zero-order valence-corrected chi connectivity index (χ0v) is 16.1. The van der Waals surface area contributed by atoms with Crippen LogP contribution in [0.2, 0.25) is 0 Å². The molecule has 0 aliphatic heterocycles. The highest BCUT2D eigenvalue weighted by Gasteiger charge is 2.25. The number of guanidine groups is 1. The fourth-order valence-electron chi connectivity index (χ4n) is 3.89. The Balaban J connectivity index is 1.55. The third kappa shape index (κ3) is 4.52. The number of hydrogen-bond acceptors (Lipinski definition) is 4. The summed E-state index contributed by atoms with van der Waals surface area (Å²) in [6.07, 6.45) is 8.77. The van der Waals surface area contributed by atoms with Gasteiger partial charge in [-0.1, -0.05) is 25.3 Å². The predicted molar refractivity (Wildman–Crippen MR) is 105 cm³/mol. The van der Waals surface area contributed by atoms with Gasteiger partial charge in [-0.3, -0.25) is 9.39 Å². The highest BCUT2D eigenvalue weighted by Crippen LogP contribution is 2.28. The summed E-state index contributed by atoms with van der Waals surface area (Å²) in [5.74, 6) is 2.45. The second-order valence-electron chi connectivity index (χ2n) is 7.28. The molecule has 0 aromatic carbocycles. The van der Waals surface area contributed by atoms with E-state index >= 15 is 0 Å². The Bertz CT molecular complexity index is 716. The van der Waals surface area contributed by atoms with Crippen molar-refractivity contribution in [3.8, 4) is 0 Å². The van der Waals surface area contributed by atoms with Crippen LogP contribution in [0.5, 0.6) is 0 Å². The average molecular weight is 358 g/mol. The lowest BCUT2D eigenvalue weighted by molar-refractivity contribution is 0.171. The molecule has 0 spiro atoms. The highest BCUT2D eigenvalue weighted by molar-refractivity contribution is 5.79. The average Bonchev–Trinajstić information content (AvgIpc) is 3.08. The van der Waals surface area contributed by atoms with Crippen molar-refractivity contribution in [1.29, 1.82) is 0 Å². The molecule has 1 atom stereocenters. The van der Waals surface area contributed by atoms with Crippen LogP contribution in [0.15, 0.2) is 29.4 Å². The summed E-state index contributed by atoms with van der Waals surface area (Å²) in [6, 6.07) is 6.44. The second kappa shape index (κ2) is 8.98. The number of likely N-dealkylation sites (N-methyl/N-ethyl adjacent to an activating group) is 1. The van der Waals surface area contributed by atoms with Crippen molar-refractivity contribution in [3.05, 3.63) is 30.2 Å². The van der Waals surface area contributed by atoms with Gasteiger partial charge in [0.05, 0.1) is 6.54 Å². The molecular formula is C19H31N7. The van der Waals surface area contributed by atoms with E-state index in [9.17, 15) is 0 Å². The minimum Gasteiger partial charge on any atom is -0.355 e. The summed E-state index contributed by atoms with van der Waals surface area (Å²) >= 11 is 0. The van der Waals surface area contributed by atoms with Crippen LogP contribution in [0.4, 0.5) is 0 Å². The first-order valence-corrected chi connectivity index (χ1v) is 9.58. The summed E-state index contributed by atoms with van der Waals surface area (Å²) in [5.41, 5.74) is 0.859. The quantitative estimate of drug-likeness (QED) is 0.610. The zero-order valence-electron chi connectivity index (χ0n) is 16.1. The van der Waals surface area contributed by atoms with E-state index in [1.807, 2.05) is 35.8 Å². The largest absolute Gasteiger partial charge is 0.355 e. The molecule has 1 unspecified atom stereocenters. The number of fused-ring (bicyclic) bond motifs is 1. The molecular weight excluding hydrogens is 326 g/mol. The molecule has 0 radical (unpaired) electrons. The van der Waals surface area contributed by atoms with Crippen molar-refractivity contribution in [2.75, 3.05) is 27.7 Å². The lowest BCUT2D eigenvalue weighted by Gasteiger charge is -2.35. The number of aliphatic imine (C=N–C) groups is 1. The zero-order chi connectivity index (χ0) is 18.4. The van der Waals surface area contributed by atoms with E-state index in [0.29, 0.717) is 12.6 Å². The van der Waals surface area contributed by atoms with E-state index in [0.717, 1.165) is 29.9 Å². The van der Waals surface area contributed by atoms with Crippen LogP contribution in [0.3, 0.4) is 0 Å². The number of nitrogens with one attached hydrogen (secondary N) is 2. The smallest absolute Gasteiger partial charge is 0.191 e. The van der Waals surface area contributed by atoms with Gasteiger partial charge in [-0.15, -0.1) is 10.2 Å². The van der Waals surface area contributed by atoms with Crippen molar-refractivity contribution in [1.82, 2.24) is 30.1 Å². The van der Waals surface area contributed by atoms with Crippen molar-refractivity contribution in [2.24, 2.45) is 10.9 Å². The van der Waals surface area contributed by atoms with Crippen molar-refractivity contribution in [2.45, 2.75) is 44.7 Å². The number of rotatable bonds is 6. The summed E-state index contributed by atoms with van der Waals surface area (Å²) in [7, 11) is 6.17. The van der Waals surface area contributed by atoms with Crippen molar-refractivity contribution >= 4 is 11.6 Å².